The van der Waals surface area contributed by atoms with Gasteiger partial charge in [0.15, 0.2) is 0 Å². The predicted molar refractivity (Wildman–Crippen MR) is 82.0 cm³/mol. The van der Waals surface area contributed by atoms with Crippen LogP contribution in [0.3, 0.4) is 0 Å². The number of unbranched alkanes of at least 4 members (excludes halogenated alkanes) is 1. The van der Waals surface area contributed by atoms with Crippen LogP contribution in [-0.4, -0.2) is 43.1 Å². The van der Waals surface area contributed by atoms with Gasteiger partial charge in [-0.2, -0.15) is 0 Å². The quantitative estimate of drug-likeness (QED) is 0.215. The minimum atomic E-state index is 0.722. The predicted octanol–water partition coefficient (Wildman–Crippen LogP) is 1.46. The monoisotopic (exact) mass is 269 g/mol. The molecule has 1 aliphatic rings. The molecule has 1 heterocycles. The van der Waals surface area contributed by atoms with Crippen LogP contribution in [0.1, 0.15) is 52.4 Å². The maximum absolute atomic E-state index is 5.45. The van der Waals surface area contributed by atoms with E-state index in [1.165, 1.54) is 32.2 Å². The molecule has 1 fully saturated rings. The van der Waals surface area contributed by atoms with Crippen molar-refractivity contribution in [1.82, 2.24) is 15.6 Å². The van der Waals surface area contributed by atoms with Crippen molar-refractivity contribution in [3.63, 3.8) is 0 Å². The molecule has 0 aromatic rings. The molecule has 4 N–H and O–H groups in total. The van der Waals surface area contributed by atoms with Crippen molar-refractivity contribution in [3.05, 3.63) is 0 Å². The summed E-state index contributed by atoms with van der Waals surface area (Å²) in [5, 5.41) is 3.22. The Kier molecular flexibility index (Phi) is 8.58. The summed E-state index contributed by atoms with van der Waals surface area (Å²) in [4.78, 5) is 7.05. The zero-order chi connectivity index (χ0) is 13.9. The van der Waals surface area contributed by atoms with Crippen molar-refractivity contribution in [2.24, 2.45) is 10.8 Å². The number of nitrogens with two attached hydrogens (primary N) is 1. The third-order valence-electron chi connectivity index (χ3n) is 3.77. The summed E-state index contributed by atoms with van der Waals surface area (Å²) < 4.78 is 0. The van der Waals surface area contributed by atoms with Gasteiger partial charge in [0.2, 0.25) is 5.96 Å². The standard InChI is InChI=1S/C14H31N5/c1-3-4-9-16-14(18-15)17-10-7-12-19-11-6-5-8-13(19)2/h13H,3-12,15H2,1-2H3,(H2,16,17,18). The zero-order valence-corrected chi connectivity index (χ0v) is 12.6. The molecule has 5 heteroatoms. The van der Waals surface area contributed by atoms with Crippen molar-refractivity contribution in [3.8, 4) is 0 Å². The number of nitrogens with one attached hydrogen (secondary N) is 2. The number of rotatable bonds is 7. The number of nitrogens with zero attached hydrogens (tertiary/aromatic N) is 2. The normalized spacial score (nSPS) is 21.4. The molecule has 0 aromatic carbocycles. The molecular formula is C14H31N5. The topological polar surface area (TPSA) is 65.7 Å². The lowest BCUT2D eigenvalue weighted by Gasteiger charge is -2.33. The summed E-state index contributed by atoms with van der Waals surface area (Å²) in [6, 6.07) is 0.743. The Morgan fingerprint density at radius 3 is 2.89 bits per heavy atom. The zero-order valence-electron chi connectivity index (χ0n) is 12.6. The van der Waals surface area contributed by atoms with Gasteiger partial charge in [0.05, 0.1) is 0 Å². The van der Waals surface area contributed by atoms with Crippen molar-refractivity contribution >= 4 is 5.96 Å². The number of hydrogen-bond donors (Lipinski definition) is 3. The van der Waals surface area contributed by atoms with Crippen LogP contribution in [0.4, 0.5) is 0 Å². The number of piperidine rings is 1. The fourth-order valence-corrected chi connectivity index (χ4v) is 2.49. The first-order valence-corrected chi connectivity index (χ1v) is 7.77. The van der Waals surface area contributed by atoms with Crippen LogP contribution in [0, 0.1) is 0 Å². The molecule has 5 nitrogen and oxygen atoms in total. The van der Waals surface area contributed by atoms with Crippen molar-refractivity contribution in [2.75, 3.05) is 26.2 Å². The van der Waals surface area contributed by atoms with E-state index in [0.717, 1.165) is 44.5 Å². The summed E-state index contributed by atoms with van der Waals surface area (Å²) in [5.41, 5.74) is 2.63. The first kappa shape index (κ1) is 16.2. The second-order valence-corrected chi connectivity index (χ2v) is 5.39. The van der Waals surface area contributed by atoms with E-state index in [-0.39, 0.29) is 0 Å². The third kappa shape index (κ3) is 6.78. The molecule has 0 bridgehead atoms. The van der Waals surface area contributed by atoms with Gasteiger partial charge in [-0.25, -0.2) is 5.84 Å². The molecule has 0 spiro atoms. The molecule has 1 saturated heterocycles. The van der Waals surface area contributed by atoms with Gasteiger partial charge in [0.25, 0.3) is 0 Å². The Bertz CT molecular complexity index is 254. The Morgan fingerprint density at radius 2 is 2.21 bits per heavy atom. The summed E-state index contributed by atoms with van der Waals surface area (Å²) in [7, 11) is 0. The van der Waals surface area contributed by atoms with Crippen LogP contribution in [-0.2, 0) is 0 Å². The largest absolute Gasteiger partial charge is 0.355 e. The van der Waals surface area contributed by atoms with Gasteiger partial charge in [-0.05, 0) is 39.2 Å². The lowest BCUT2D eigenvalue weighted by atomic mass is 10.0. The average molecular weight is 269 g/mol. The van der Waals surface area contributed by atoms with E-state index in [1.54, 1.807) is 0 Å². The highest BCUT2D eigenvalue weighted by Gasteiger charge is 2.16. The maximum Gasteiger partial charge on any atom is 0.205 e. The Balaban J connectivity index is 2.15. The first-order chi connectivity index (χ1) is 9.27. The van der Waals surface area contributed by atoms with Crippen LogP contribution >= 0.6 is 0 Å². The molecule has 19 heavy (non-hydrogen) atoms. The van der Waals surface area contributed by atoms with Gasteiger partial charge >= 0.3 is 0 Å². The lowest BCUT2D eigenvalue weighted by Crippen LogP contribution is -2.42. The molecule has 1 unspecified atom stereocenters. The van der Waals surface area contributed by atoms with E-state index >= 15 is 0 Å². The van der Waals surface area contributed by atoms with Gasteiger partial charge < -0.3 is 10.2 Å². The van der Waals surface area contributed by atoms with Gasteiger partial charge in [0.1, 0.15) is 0 Å². The second kappa shape index (κ2) is 10.0. The highest BCUT2D eigenvalue weighted by atomic mass is 15.3. The Morgan fingerprint density at radius 1 is 1.37 bits per heavy atom. The maximum atomic E-state index is 5.45. The van der Waals surface area contributed by atoms with Crippen molar-refractivity contribution in [1.29, 1.82) is 0 Å². The summed E-state index contributed by atoms with van der Waals surface area (Å²) in [5.74, 6) is 6.17. The molecule has 112 valence electrons. The van der Waals surface area contributed by atoms with Gasteiger partial charge in [-0.1, -0.05) is 19.8 Å². The minimum absolute atomic E-state index is 0.722. The van der Waals surface area contributed by atoms with Crippen LogP contribution < -0.4 is 16.6 Å². The van der Waals surface area contributed by atoms with Crippen molar-refractivity contribution < 1.29 is 0 Å². The van der Waals surface area contributed by atoms with E-state index in [0.29, 0.717) is 0 Å². The Hall–Kier alpha value is -0.810. The molecule has 1 rings (SSSR count). The molecule has 1 atom stereocenters. The number of likely N-dealkylation sites (tertiary alicyclic amines) is 1. The van der Waals surface area contributed by atoms with Gasteiger partial charge in [-0.3, -0.25) is 10.4 Å². The molecular weight excluding hydrogens is 238 g/mol. The Labute approximate surface area is 118 Å². The molecule has 0 radical (unpaired) electrons. The van der Waals surface area contributed by atoms with Gasteiger partial charge in [0, 0.05) is 25.7 Å². The van der Waals surface area contributed by atoms with E-state index in [9.17, 15) is 0 Å². The van der Waals surface area contributed by atoms with Gasteiger partial charge in [-0.15, -0.1) is 0 Å². The van der Waals surface area contributed by atoms with Crippen LogP contribution in [0.25, 0.3) is 0 Å². The fraction of sp³-hybridized carbons (Fsp3) is 0.929. The summed E-state index contributed by atoms with van der Waals surface area (Å²) >= 11 is 0. The lowest BCUT2D eigenvalue weighted by molar-refractivity contribution is 0.160. The van der Waals surface area contributed by atoms with Crippen LogP contribution in [0.15, 0.2) is 4.99 Å². The molecule has 0 saturated carbocycles. The molecule has 0 amide bonds. The van der Waals surface area contributed by atoms with E-state index in [2.05, 4.69) is 34.5 Å². The minimum Gasteiger partial charge on any atom is -0.355 e. The fourth-order valence-electron chi connectivity index (χ4n) is 2.49. The first-order valence-electron chi connectivity index (χ1n) is 7.77. The number of hydrogen-bond acceptors (Lipinski definition) is 3. The van der Waals surface area contributed by atoms with E-state index in [4.69, 9.17) is 5.84 Å². The smallest absolute Gasteiger partial charge is 0.205 e. The van der Waals surface area contributed by atoms with Crippen LogP contribution in [0.5, 0.6) is 0 Å². The third-order valence-corrected chi connectivity index (χ3v) is 3.77. The highest BCUT2D eigenvalue weighted by Crippen LogP contribution is 2.16. The SMILES string of the molecule is CCCCNC(=NCCCN1CCCCC1C)NN. The second-order valence-electron chi connectivity index (χ2n) is 5.39. The number of guanidine groups is 1. The molecule has 0 aliphatic carbocycles. The summed E-state index contributed by atoms with van der Waals surface area (Å²) in [6.45, 7) is 8.68. The van der Waals surface area contributed by atoms with E-state index < -0.39 is 0 Å². The van der Waals surface area contributed by atoms with E-state index in [1.807, 2.05) is 0 Å². The number of hydrazine groups is 1. The molecule has 1 aliphatic heterocycles. The van der Waals surface area contributed by atoms with Crippen LogP contribution in [0.2, 0.25) is 0 Å². The van der Waals surface area contributed by atoms with Crippen molar-refractivity contribution in [2.45, 2.75) is 58.4 Å². The highest BCUT2D eigenvalue weighted by molar-refractivity contribution is 5.79. The molecule has 0 aromatic heterocycles. The number of aliphatic imine (C=N–C) groups is 1. The average Bonchev–Trinajstić information content (AvgIpc) is 2.43. The summed E-state index contributed by atoms with van der Waals surface area (Å²) in [6.07, 6.45) is 7.51.